The number of hydrogen-bond acceptors (Lipinski definition) is 6. The average Bonchev–Trinajstić information content (AvgIpc) is 2.94. The molecule has 0 saturated carbocycles. The molecule has 1 aromatic carbocycles. The molecule has 1 aromatic rings. The third kappa shape index (κ3) is 2.70. The predicted molar refractivity (Wildman–Crippen MR) is 122 cm³/mol. The van der Waals surface area contributed by atoms with Gasteiger partial charge in [0.1, 0.15) is 0 Å². The minimum Gasteiger partial charge on any atom is -0.464 e. The number of esters is 2. The number of carbonyl (C=O) groups excluding carboxylic acids is 2. The Hall–Kier alpha value is -2.17. The van der Waals surface area contributed by atoms with Gasteiger partial charge in [-0.05, 0) is 39.3 Å². The van der Waals surface area contributed by atoms with Crippen LogP contribution in [0.5, 0.6) is 0 Å². The highest BCUT2D eigenvalue weighted by Crippen LogP contribution is 2.77. The Kier molecular flexibility index (Phi) is 5.27. The normalized spacial score (nSPS) is 26.9. The van der Waals surface area contributed by atoms with E-state index >= 15 is 0 Å². The number of ether oxygens (including phenoxy) is 2. The Balaban J connectivity index is 2.07. The summed E-state index contributed by atoms with van der Waals surface area (Å²) in [5.41, 5.74) is 4.89. The molecular formula is C23H26NO4PS. The van der Waals surface area contributed by atoms with Gasteiger partial charge in [-0.25, -0.2) is 9.59 Å². The summed E-state index contributed by atoms with van der Waals surface area (Å²) < 4.78 is 11.1. The zero-order valence-corrected chi connectivity index (χ0v) is 19.4. The van der Waals surface area contributed by atoms with E-state index in [2.05, 4.69) is 0 Å². The Bertz CT molecular complexity index is 1090. The summed E-state index contributed by atoms with van der Waals surface area (Å²) >= 11 is 6.37. The highest BCUT2D eigenvalue weighted by Gasteiger charge is 2.66. The van der Waals surface area contributed by atoms with Crippen LogP contribution >= 0.6 is 6.04 Å². The van der Waals surface area contributed by atoms with Crippen molar-refractivity contribution in [1.82, 2.24) is 4.90 Å². The zero-order valence-electron chi connectivity index (χ0n) is 17.7. The fourth-order valence-electron chi connectivity index (χ4n) is 4.72. The molecule has 4 rings (SSSR count). The van der Waals surface area contributed by atoms with Crippen molar-refractivity contribution in [3.05, 3.63) is 58.1 Å². The van der Waals surface area contributed by atoms with Crippen molar-refractivity contribution in [2.45, 2.75) is 39.4 Å². The second kappa shape index (κ2) is 7.51. The smallest absolute Gasteiger partial charge is 0.341 e. The standard InChI is InChI=1S/C23H26NO4PS/c1-5-27-21(25)20-19-18-10-8-7-9-17(18)11-12-24(19)23(22(26)28-6-2)13-15(3)16(4)14-29(20,23)30/h7-12H,5-6,13-14H2,1-4H3/t23-,29?/m0/s1. The molecule has 1 unspecified atom stereocenters. The van der Waals surface area contributed by atoms with E-state index in [1.54, 1.807) is 13.8 Å². The molecule has 0 radical (unpaired) electrons. The predicted octanol–water partition coefficient (Wildman–Crippen LogP) is 4.70. The maximum absolute atomic E-state index is 13.6. The maximum atomic E-state index is 13.6. The number of fused-ring (bicyclic) bond motifs is 5. The van der Waals surface area contributed by atoms with Crippen molar-refractivity contribution < 1.29 is 19.1 Å². The average molecular weight is 444 g/mol. The Morgan fingerprint density at radius 1 is 1.13 bits per heavy atom. The third-order valence-corrected chi connectivity index (χ3v) is 11.8. The fourth-order valence-corrected chi connectivity index (χ4v) is 10.5. The molecule has 5 nitrogen and oxygen atoms in total. The van der Waals surface area contributed by atoms with Gasteiger partial charge in [-0.15, -0.1) is 0 Å². The first-order valence-electron chi connectivity index (χ1n) is 10.2. The van der Waals surface area contributed by atoms with Gasteiger partial charge in [0.2, 0.25) is 0 Å². The van der Waals surface area contributed by atoms with Gasteiger partial charge in [0.25, 0.3) is 0 Å². The second-order valence-electron chi connectivity index (χ2n) is 7.86. The highest BCUT2D eigenvalue weighted by molar-refractivity contribution is 8.18. The van der Waals surface area contributed by atoms with Crippen LogP contribution in [0.1, 0.15) is 45.2 Å². The number of benzene rings is 1. The van der Waals surface area contributed by atoms with Crippen LogP contribution < -0.4 is 0 Å². The van der Waals surface area contributed by atoms with Gasteiger partial charge >= 0.3 is 11.9 Å². The molecule has 0 bridgehead atoms. The van der Waals surface area contributed by atoms with E-state index in [1.165, 1.54) is 0 Å². The monoisotopic (exact) mass is 443 g/mol. The molecule has 0 fully saturated rings. The molecule has 3 aliphatic rings. The van der Waals surface area contributed by atoms with Crippen molar-refractivity contribution >= 4 is 41.6 Å². The van der Waals surface area contributed by atoms with Gasteiger partial charge in [0.05, 0.1) is 24.2 Å². The Morgan fingerprint density at radius 3 is 2.53 bits per heavy atom. The van der Waals surface area contributed by atoms with E-state index in [1.807, 2.05) is 55.3 Å². The molecule has 3 heterocycles. The van der Waals surface area contributed by atoms with Crippen LogP contribution in [-0.4, -0.2) is 41.5 Å². The van der Waals surface area contributed by atoms with Crippen LogP contribution in [0.2, 0.25) is 0 Å². The van der Waals surface area contributed by atoms with Gasteiger partial charge in [-0.1, -0.05) is 47.2 Å². The van der Waals surface area contributed by atoms with E-state index in [-0.39, 0.29) is 19.2 Å². The maximum Gasteiger partial charge on any atom is 0.341 e. The summed E-state index contributed by atoms with van der Waals surface area (Å²) in [5, 5.41) is -0.598. The molecule has 3 aliphatic heterocycles. The summed E-state index contributed by atoms with van der Waals surface area (Å²) in [6.45, 7) is 8.18. The minimum absolute atomic E-state index is 0.253. The molecule has 0 spiro atoms. The molecule has 7 heteroatoms. The molecule has 30 heavy (non-hydrogen) atoms. The summed E-state index contributed by atoms with van der Waals surface area (Å²) in [6.07, 6.45) is 4.86. The summed E-state index contributed by atoms with van der Waals surface area (Å²) in [4.78, 5) is 28.9. The van der Waals surface area contributed by atoms with Gasteiger partial charge in [-0.3, -0.25) is 0 Å². The van der Waals surface area contributed by atoms with Crippen LogP contribution in [0.3, 0.4) is 0 Å². The Labute approximate surface area is 182 Å². The first kappa shape index (κ1) is 21.1. The summed E-state index contributed by atoms with van der Waals surface area (Å²) in [5.74, 6) is -0.759. The molecule has 0 amide bonds. The molecule has 158 valence electrons. The third-order valence-electron chi connectivity index (χ3n) is 6.21. The first-order chi connectivity index (χ1) is 14.3. The number of nitrogens with zero attached hydrogens (tertiary/aromatic N) is 1. The van der Waals surface area contributed by atoms with Gasteiger partial charge in [-0.2, -0.15) is 0 Å². The van der Waals surface area contributed by atoms with Crippen LogP contribution in [0.15, 0.2) is 46.9 Å². The molecule has 0 N–H and O–H groups in total. The van der Waals surface area contributed by atoms with Crippen LogP contribution in [0.25, 0.3) is 11.8 Å². The first-order valence-corrected chi connectivity index (χ1v) is 13.2. The van der Waals surface area contributed by atoms with Crippen LogP contribution in [0.4, 0.5) is 0 Å². The fraction of sp³-hybridized carbons (Fsp3) is 0.391. The molecular weight excluding hydrogens is 417 g/mol. The summed E-state index contributed by atoms with van der Waals surface area (Å²) in [6, 6.07) is 5.12. The van der Waals surface area contributed by atoms with Crippen molar-refractivity contribution in [3.63, 3.8) is 0 Å². The lowest BCUT2D eigenvalue weighted by Gasteiger charge is -2.46. The van der Waals surface area contributed by atoms with E-state index in [4.69, 9.17) is 21.3 Å². The molecule has 0 aromatic heterocycles. The minimum atomic E-state index is -2.76. The zero-order chi connectivity index (χ0) is 21.7. The molecule has 2 atom stereocenters. The number of rotatable bonds is 4. The van der Waals surface area contributed by atoms with Crippen molar-refractivity contribution in [2.24, 2.45) is 0 Å². The molecule has 0 aliphatic carbocycles. The quantitative estimate of drug-likeness (QED) is 0.382. The number of carbonyl (C=O) groups is 2. The van der Waals surface area contributed by atoms with E-state index < -0.39 is 17.3 Å². The summed E-state index contributed by atoms with van der Waals surface area (Å²) in [7, 11) is 0. The van der Waals surface area contributed by atoms with Gasteiger partial charge in [0, 0.05) is 30.4 Å². The second-order valence-corrected chi connectivity index (χ2v) is 12.7. The van der Waals surface area contributed by atoms with Gasteiger partial charge in [0.15, 0.2) is 5.28 Å². The van der Waals surface area contributed by atoms with Crippen molar-refractivity contribution in [3.8, 4) is 0 Å². The number of allylic oxidation sites excluding steroid dienone is 1. The van der Waals surface area contributed by atoms with E-state index in [0.29, 0.717) is 23.6 Å². The Morgan fingerprint density at radius 2 is 1.83 bits per heavy atom. The van der Waals surface area contributed by atoms with E-state index in [0.717, 1.165) is 22.3 Å². The lowest BCUT2D eigenvalue weighted by Crippen LogP contribution is -2.51. The number of hydrogen-bond donors (Lipinski definition) is 0. The SMILES string of the molecule is CCOC(=O)C1=C2c3ccccc3C=CN2[C@@]2(C(=O)OCC)CC(C)=C(C)CP12=S. The van der Waals surface area contributed by atoms with Crippen LogP contribution in [0, 0.1) is 0 Å². The van der Waals surface area contributed by atoms with E-state index in [9.17, 15) is 9.59 Å². The van der Waals surface area contributed by atoms with Gasteiger partial charge < -0.3 is 14.4 Å². The highest BCUT2D eigenvalue weighted by atomic mass is 32.4. The lowest BCUT2D eigenvalue weighted by molar-refractivity contribution is -0.149. The van der Waals surface area contributed by atoms with Crippen LogP contribution in [-0.2, 0) is 30.9 Å². The topological polar surface area (TPSA) is 55.8 Å². The van der Waals surface area contributed by atoms with Crippen molar-refractivity contribution in [2.75, 3.05) is 19.4 Å². The lowest BCUT2D eigenvalue weighted by atomic mass is 9.95. The molecule has 0 saturated heterocycles. The largest absolute Gasteiger partial charge is 0.464 e. The van der Waals surface area contributed by atoms with Crippen molar-refractivity contribution in [1.29, 1.82) is 0 Å².